The fraction of sp³-hybridized carbons (Fsp3) is 0.0833. The first-order valence-corrected chi connectivity index (χ1v) is 13.8. The van der Waals surface area contributed by atoms with Crippen molar-refractivity contribution in [3.63, 3.8) is 0 Å². The molecule has 0 unspecified atom stereocenters. The molecule has 0 amide bonds. The number of Topliss-reactive ketones (excluding diaryl/α,β-unsaturated/α-hetero) is 1. The molecule has 0 atom stereocenters. The number of ketones is 1. The van der Waals surface area contributed by atoms with E-state index in [1.54, 1.807) is 6.20 Å². The molecule has 0 aliphatic carbocycles. The molecule has 0 saturated carbocycles. The third kappa shape index (κ3) is 3.37. The van der Waals surface area contributed by atoms with Gasteiger partial charge in [0.25, 0.3) is 0 Å². The van der Waals surface area contributed by atoms with Crippen LogP contribution in [0.25, 0.3) is 0 Å². The SMILES string of the molecule is CC(=O)c1ncc(CP(Br)(c2ccccc2)(c2ccccc2)c2ccccc2)o1. The van der Waals surface area contributed by atoms with Gasteiger partial charge in [-0.2, -0.15) is 0 Å². The second-order valence-corrected chi connectivity index (χ2v) is 16.0. The Morgan fingerprint density at radius 2 is 1.24 bits per heavy atom. The molecule has 0 aliphatic rings. The summed E-state index contributed by atoms with van der Waals surface area (Å²) < 4.78 is 5.87. The zero-order valence-corrected chi connectivity index (χ0v) is 18.5. The van der Waals surface area contributed by atoms with Gasteiger partial charge in [-0.25, -0.2) is 0 Å². The average molecular weight is 466 g/mol. The summed E-state index contributed by atoms with van der Waals surface area (Å²) in [5.41, 5.74) is 0. The minimum absolute atomic E-state index is 0.145. The van der Waals surface area contributed by atoms with Crippen LogP contribution in [-0.4, -0.2) is 10.8 Å². The summed E-state index contributed by atoms with van der Waals surface area (Å²) in [4.78, 5) is 16.0. The van der Waals surface area contributed by atoms with Crippen molar-refractivity contribution in [3.8, 4) is 0 Å². The van der Waals surface area contributed by atoms with Crippen LogP contribution in [0.1, 0.15) is 23.4 Å². The fourth-order valence-corrected chi connectivity index (χ4v) is 11.2. The summed E-state index contributed by atoms with van der Waals surface area (Å²) >= 11 is 4.36. The number of nitrogens with zero attached hydrogens (tertiary/aromatic N) is 1. The number of benzene rings is 3. The van der Waals surface area contributed by atoms with Crippen LogP contribution < -0.4 is 15.9 Å². The molecule has 0 bridgehead atoms. The number of carbonyl (C=O) groups is 1. The van der Waals surface area contributed by atoms with Gasteiger partial charge in [0.2, 0.25) is 0 Å². The van der Waals surface area contributed by atoms with Crippen LogP contribution in [0.2, 0.25) is 0 Å². The van der Waals surface area contributed by atoms with Gasteiger partial charge in [0.1, 0.15) is 0 Å². The Morgan fingerprint density at radius 3 is 1.59 bits per heavy atom. The van der Waals surface area contributed by atoms with E-state index in [9.17, 15) is 4.79 Å². The van der Waals surface area contributed by atoms with Crippen molar-refractivity contribution >= 4 is 42.5 Å². The van der Waals surface area contributed by atoms with Crippen LogP contribution in [0.3, 0.4) is 0 Å². The van der Waals surface area contributed by atoms with E-state index in [2.05, 4.69) is 93.3 Å². The predicted molar refractivity (Wildman–Crippen MR) is 124 cm³/mol. The molecule has 29 heavy (non-hydrogen) atoms. The molecule has 0 saturated heterocycles. The number of carbonyl (C=O) groups excluding carboxylic acids is 1. The molecule has 146 valence electrons. The molecule has 0 N–H and O–H groups in total. The van der Waals surface area contributed by atoms with Crippen LogP contribution in [0, 0.1) is 0 Å². The van der Waals surface area contributed by atoms with Crippen LogP contribution in [0.4, 0.5) is 0 Å². The molecule has 0 aliphatic heterocycles. The Morgan fingerprint density at radius 1 is 0.828 bits per heavy atom. The monoisotopic (exact) mass is 465 g/mol. The van der Waals surface area contributed by atoms with Crippen molar-refractivity contribution in [1.82, 2.24) is 4.98 Å². The van der Waals surface area contributed by atoms with E-state index in [1.165, 1.54) is 22.8 Å². The third-order valence-electron chi connectivity index (χ3n) is 5.19. The van der Waals surface area contributed by atoms with Gasteiger partial charge in [0, 0.05) is 0 Å². The first-order valence-electron chi connectivity index (χ1n) is 9.37. The zero-order chi connectivity index (χ0) is 20.3. The molecular formula is C24H21BrNO2P. The molecule has 4 aromatic rings. The quantitative estimate of drug-likeness (QED) is 0.289. The van der Waals surface area contributed by atoms with Crippen LogP contribution in [0.5, 0.6) is 0 Å². The summed E-state index contributed by atoms with van der Waals surface area (Å²) in [6.45, 7) is 1.47. The minimum atomic E-state index is -3.13. The molecule has 4 rings (SSSR count). The Hall–Kier alpha value is -2.55. The topological polar surface area (TPSA) is 43.1 Å². The summed E-state index contributed by atoms with van der Waals surface area (Å²) in [6.07, 6.45) is 2.25. The van der Waals surface area contributed by atoms with E-state index in [0.717, 1.165) is 0 Å². The van der Waals surface area contributed by atoms with E-state index >= 15 is 0 Å². The van der Waals surface area contributed by atoms with Crippen LogP contribution >= 0.6 is 20.8 Å². The number of rotatable bonds is 6. The molecular weight excluding hydrogens is 445 g/mol. The first kappa shape index (κ1) is 19.8. The van der Waals surface area contributed by atoms with Crippen molar-refractivity contribution in [3.05, 3.63) is 109 Å². The standard InChI is InChI=1S/C24H21BrNO2P/c1-19(27)24-26-17-20(28-24)18-29(25,21-11-5-2-6-12-21,22-13-7-3-8-14-22)23-15-9-4-10-16-23/h2-17H,18H2,1H3. The molecule has 3 aromatic carbocycles. The third-order valence-corrected chi connectivity index (χ3v) is 14.7. The summed E-state index contributed by atoms with van der Waals surface area (Å²) in [6, 6.07) is 31.4. The van der Waals surface area contributed by atoms with Gasteiger partial charge in [-0.05, 0) is 0 Å². The van der Waals surface area contributed by atoms with Crippen molar-refractivity contribution in [1.29, 1.82) is 0 Å². The van der Waals surface area contributed by atoms with E-state index < -0.39 is 5.31 Å². The zero-order valence-electron chi connectivity index (χ0n) is 16.0. The molecule has 1 aromatic heterocycles. The van der Waals surface area contributed by atoms with Gasteiger partial charge in [-0.3, -0.25) is 0 Å². The number of oxazole rings is 1. The van der Waals surface area contributed by atoms with Crippen LogP contribution in [0.15, 0.2) is 102 Å². The van der Waals surface area contributed by atoms with Crippen molar-refractivity contribution in [2.24, 2.45) is 0 Å². The second-order valence-electron chi connectivity index (χ2n) is 7.04. The van der Waals surface area contributed by atoms with Crippen molar-refractivity contribution < 1.29 is 9.21 Å². The molecule has 0 spiro atoms. The maximum absolute atomic E-state index is 11.8. The van der Waals surface area contributed by atoms with Gasteiger partial charge < -0.3 is 0 Å². The van der Waals surface area contributed by atoms with Crippen LogP contribution in [-0.2, 0) is 6.16 Å². The average Bonchev–Trinajstić information content (AvgIpc) is 3.24. The van der Waals surface area contributed by atoms with Crippen molar-refractivity contribution in [2.45, 2.75) is 13.1 Å². The maximum atomic E-state index is 11.8. The molecule has 3 nitrogen and oxygen atoms in total. The van der Waals surface area contributed by atoms with Crippen molar-refractivity contribution in [2.75, 3.05) is 0 Å². The Labute approximate surface area is 178 Å². The second kappa shape index (κ2) is 7.70. The van der Waals surface area contributed by atoms with E-state index in [1.807, 2.05) is 18.2 Å². The van der Waals surface area contributed by atoms with E-state index in [4.69, 9.17) is 4.42 Å². The number of aromatic nitrogens is 1. The summed E-state index contributed by atoms with van der Waals surface area (Å²) in [5, 5.41) is 0.439. The van der Waals surface area contributed by atoms with Gasteiger partial charge in [-0.15, -0.1) is 0 Å². The molecule has 5 heteroatoms. The predicted octanol–water partition coefficient (Wildman–Crippen LogP) is 5.22. The summed E-state index contributed by atoms with van der Waals surface area (Å²) in [7, 11) is 0. The Balaban J connectivity index is 2.05. The van der Waals surface area contributed by atoms with Gasteiger partial charge >= 0.3 is 179 Å². The van der Waals surface area contributed by atoms with Gasteiger partial charge in [-0.1, -0.05) is 0 Å². The van der Waals surface area contributed by atoms with E-state index in [-0.39, 0.29) is 11.7 Å². The van der Waals surface area contributed by atoms with Gasteiger partial charge in [0.05, 0.1) is 0 Å². The Bertz CT molecular complexity index is 1030. The van der Waals surface area contributed by atoms with Gasteiger partial charge in [0.15, 0.2) is 0 Å². The molecule has 0 fully saturated rings. The normalized spacial score (nSPS) is 12.8. The molecule has 1 heterocycles. The fourth-order valence-electron chi connectivity index (χ4n) is 3.77. The Kier molecular flexibility index (Phi) is 5.24. The number of hydrogen-bond donors (Lipinski definition) is 0. The number of halogens is 1. The number of hydrogen-bond acceptors (Lipinski definition) is 3. The summed E-state index contributed by atoms with van der Waals surface area (Å²) in [5.74, 6) is 0.651. The van der Waals surface area contributed by atoms with E-state index in [0.29, 0.717) is 11.9 Å². The molecule has 0 radical (unpaired) electrons. The first-order chi connectivity index (χ1) is 14.0.